The highest BCUT2D eigenvalue weighted by atomic mass is 16.6. The van der Waals surface area contributed by atoms with Crippen LogP contribution in [-0.4, -0.2) is 35.7 Å². The third-order valence-electron chi connectivity index (χ3n) is 5.08. The second kappa shape index (κ2) is 9.94. The standard InChI is InChI=1S/C25H30N2O6/c1-24(2,3)18-11-17(12-19(13-18)25(4,5)6)23(30)26-14-22(29)33-15-21(28)16-7-9-20(10-8-16)27(31)32/h7-13H,14-15H2,1-6H3,(H,26,30). The van der Waals surface area contributed by atoms with Crippen LogP contribution in [0.3, 0.4) is 0 Å². The molecule has 33 heavy (non-hydrogen) atoms. The molecule has 0 radical (unpaired) electrons. The molecular formula is C25H30N2O6. The highest BCUT2D eigenvalue weighted by Crippen LogP contribution is 2.30. The molecule has 0 aliphatic carbocycles. The molecule has 0 saturated heterocycles. The van der Waals surface area contributed by atoms with Crippen molar-refractivity contribution in [2.45, 2.75) is 52.4 Å². The van der Waals surface area contributed by atoms with Gasteiger partial charge in [-0.3, -0.25) is 24.5 Å². The SMILES string of the molecule is CC(C)(C)c1cc(C(=O)NCC(=O)OCC(=O)c2ccc([N+](=O)[O-])cc2)cc(C(C)(C)C)c1. The normalized spacial score (nSPS) is 11.6. The maximum atomic E-state index is 12.7. The van der Waals surface area contributed by atoms with Gasteiger partial charge in [0.25, 0.3) is 11.6 Å². The van der Waals surface area contributed by atoms with E-state index in [4.69, 9.17) is 4.74 Å². The Kier molecular flexibility index (Phi) is 7.74. The average Bonchev–Trinajstić information content (AvgIpc) is 2.74. The zero-order chi connectivity index (χ0) is 25.0. The number of rotatable bonds is 7. The molecule has 0 saturated carbocycles. The number of carbonyl (C=O) groups excluding carboxylic acids is 3. The van der Waals surface area contributed by atoms with Crippen molar-refractivity contribution in [1.82, 2.24) is 5.32 Å². The van der Waals surface area contributed by atoms with Crippen molar-refractivity contribution < 1.29 is 24.0 Å². The van der Waals surface area contributed by atoms with Crippen molar-refractivity contribution in [3.8, 4) is 0 Å². The average molecular weight is 455 g/mol. The Morgan fingerprint density at radius 3 is 1.85 bits per heavy atom. The first kappa shape index (κ1) is 25.7. The van der Waals surface area contributed by atoms with Gasteiger partial charge in [-0.05, 0) is 46.2 Å². The van der Waals surface area contributed by atoms with E-state index in [9.17, 15) is 24.5 Å². The molecule has 0 heterocycles. The number of nitro groups is 1. The molecule has 1 amide bonds. The molecule has 0 bridgehead atoms. The first-order valence-electron chi connectivity index (χ1n) is 10.6. The van der Waals surface area contributed by atoms with E-state index in [-0.39, 0.29) is 22.1 Å². The van der Waals surface area contributed by atoms with Gasteiger partial charge in [-0.1, -0.05) is 47.6 Å². The first-order chi connectivity index (χ1) is 15.2. The summed E-state index contributed by atoms with van der Waals surface area (Å²) in [4.78, 5) is 47.0. The summed E-state index contributed by atoms with van der Waals surface area (Å²) >= 11 is 0. The minimum absolute atomic E-state index is 0.142. The van der Waals surface area contributed by atoms with Crippen LogP contribution in [0.4, 0.5) is 5.69 Å². The van der Waals surface area contributed by atoms with Gasteiger partial charge in [-0.15, -0.1) is 0 Å². The highest BCUT2D eigenvalue weighted by molar-refractivity contribution is 5.99. The van der Waals surface area contributed by atoms with Crippen LogP contribution in [0, 0.1) is 10.1 Å². The zero-order valence-electron chi connectivity index (χ0n) is 19.9. The van der Waals surface area contributed by atoms with E-state index in [1.165, 1.54) is 24.3 Å². The summed E-state index contributed by atoms with van der Waals surface area (Å²) in [5, 5.41) is 13.2. The van der Waals surface area contributed by atoms with E-state index in [0.29, 0.717) is 5.56 Å². The van der Waals surface area contributed by atoms with E-state index in [1.54, 1.807) is 0 Å². The summed E-state index contributed by atoms with van der Waals surface area (Å²) in [5.74, 6) is -1.68. The lowest BCUT2D eigenvalue weighted by molar-refractivity contribution is -0.384. The van der Waals surface area contributed by atoms with Gasteiger partial charge in [0.05, 0.1) is 4.92 Å². The maximum Gasteiger partial charge on any atom is 0.325 e. The summed E-state index contributed by atoms with van der Waals surface area (Å²) in [5.41, 5.74) is 2.19. The predicted molar refractivity (Wildman–Crippen MR) is 125 cm³/mol. The Balaban J connectivity index is 1.99. The molecular weight excluding hydrogens is 424 g/mol. The first-order valence-corrected chi connectivity index (χ1v) is 10.6. The number of nitrogens with one attached hydrogen (secondary N) is 1. The molecule has 176 valence electrons. The van der Waals surface area contributed by atoms with Crippen LogP contribution in [0.15, 0.2) is 42.5 Å². The van der Waals surface area contributed by atoms with Gasteiger partial charge < -0.3 is 10.1 Å². The minimum Gasteiger partial charge on any atom is -0.456 e. The van der Waals surface area contributed by atoms with E-state index >= 15 is 0 Å². The van der Waals surface area contributed by atoms with E-state index < -0.39 is 35.7 Å². The molecule has 0 aromatic heterocycles. The van der Waals surface area contributed by atoms with Gasteiger partial charge in [0.1, 0.15) is 6.54 Å². The summed E-state index contributed by atoms with van der Waals surface area (Å²) in [6.45, 7) is 11.5. The van der Waals surface area contributed by atoms with Crippen molar-refractivity contribution >= 4 is 23.3 Å². The van der Waals surface area contributed by atoms with Gasteiger partial charge in [0.15, 0.2) is 12.4 Å². The number of nitrogens with zero attached hydrogens (tertiary/aromatic N) is 1. The van der Waals surface area contributed by atoms with Crippen molar-refractivity contribution in [3.63, 3.8) is 0 Å². The van der Waals surface area contributed by atoms with Crippen LogP contribution in [0.5, 0.6) is 0 Å². The summed E-state index contributed by atoms with van der Waals surface area (Å²) < 4.78 is 4.94. The fourth-order valence-electron chi connectivity index (χ4n) is 2.93. The van der Waals surface area contributed by atoms with Crippen LogP contribution < -0.4 is 5.32 Å². The van der Waals surface area contributed by atoms with Crippen LogP contribution in [0.1, 0.15) is 73.4 Å². The maximum absolute atomic E-state index is 12.7. The summed E-state index contributed by atoms with van der Waals surface area (Å²) in [7, 11) is 0. The number of ether oxygens (including phenoxy) is 1. The summed E-state index contributed by atoms with van der Waals surface area (Å²) in [6.07, 6.45) is 0. The van der Waals surface area contributed by atoms with Crippen LogP contribution >= 0.6 is 0 Å². The van der Waals surface area contributed by atoms with Crippen molar-refractivity contribution in [1.29, 1.82) is 0 Å². The van der Waals surface area contributed by atoms with E-state index in [1.807, 2.05) is 12.1 Å². The number of non-ortho nitro benzene ring substituents is 1. The molecule has 8 heteroatoms. The molecule has 0 unspecified atom stereocenters. The van der Waals surface area contributed by atoms with Gasteiger partial charge in [0, 0.05) is 23.3 Å². The number of Topliss-reactive ketones (excluding diaryl/α,β-unsaturated/α-hetero) is 1. The van der Waals surface area contributed by atoms with Crippen LogP contribution in [0.25, 0.3) is 0 Å². The topological polar surface area (TPSA) is 116 Å². The molecule has 0 aliphatic rings. The second-order valence-corrected chi connectivity index (χ2v) is 9.87. The molecule has 8 nitrogen and oxygen atoms in total. The molecule has 0 fully saturated rings. The van der Waals surface area contributed by atoms with Crippen molar-refractivity contribution in [2.75, 3.05) is 13.2 Å². The Labute approximate surface area is 193 Å². The molecule has 0 spiro atoms. The second-order valence-electron chi connectivity index (χ2n) is 9.87. The van der Waals surface area contributed by atoms with Crippen molar-refractivity contribution in [3.05, 3.63) is 74.8 Å². The third kappa shape index (κ3) is 7.24. The van der Waals surface area contributed by atoms with Gasteiger partial charge in [0.2, 0.25) is 0 Å². The number of amides is 1. The largest absolute Gasteiger partial charge is 0.456 e. The molecule has 2 rings (SSSR count). The number of ketones is 1. The highest BCUT2D eigenvalue weighted by Gasteiger charge is 2.22. The monoisotopic (exact) mass is 454 g/mol. The number of hydrogen-bond donors (Lipinski definition) is 1. The van der Waals surface area contributed by atoms with Crippen LogP contribution in [-0.2, 0) is 20.4 Å². The molecule has 1 N–H and O–H groups in total. The number of nitro benzene ring substituents is 1. The number of hydrogen-bond acceptors (Lipinski definition) is 6. The Bertz CT molecular complexity index is 1030. The van der Waals surface area contributed by atoms with E-state index in [0.717, 1.165) is 11.1 Å². The molecule has 0 aliphatic heterocycles. The number of carbonyl (C=O) groups is 3. The Morgan fingerprint density at radius 1 is 0.879 bits per heavy atom. The number of esters is 1. The molecule has 0 atom stereocenters. The molecule has 2 aromatic carbocycles. The lowest BCUT2D eigenvalue weighted by Gasteiger charge is -2.26. The predicted octanol–water partition coefficient (Wildman–Crippen LogP) is 4.35. The van der Waals surface area contributed by atoms with E-state index in [2.05, 4.69) is 52.9 Å². The lowest BCUT2D eigenvalue weighted by atomic mass is 9.79. The summed E-state index contributed by atoms with van der Waals surface area (Å²) in [6, 6.07) is 10.7. The fourth-order valence-corrected chi connectivity index (χ4v) is 2.93. The lowest BCUT2D eigenvalue weighted by Crippen LogP contribution is -2.32. The zero-order valence-corrected chi connectivity index (χ0v) is 19.9. The quantitative estimate of drug-likeness (QED) is 0.288. The number of benzene rings is 2. The van der Waals surface area contributed by atoms with Crippen LogP contribution in [0.2, 0.25) is 0 Å². The Hall–Kier alpha value is -3.55. The fraction of sp³-hybridized carbons (Fsp3) is 0.400. The molecule has 2 aromatic rings. The van der Waals surface area contributed by atoms with Gasteiger partial charge in [-0.25, -0.2) is 0 Å². The van der Waals surface area contributed by atoms with Gasteiger partial charge in [-0.2, -0.15) is 0 Å². The third-order valence-corrected chi connectivity index (χ3v) is 5.08. The van der Waals surface area contributed by atoms with Crippen molar-refractivity contribution in [2.24, 2.45) is 0 Å². The van der Waals surface area contributed by atoms with Gasteiger partial charge >= 0.3 is 5.97 Å². The minimum atomic E-state index is -0.762. The Morgan fingerprint density at radius 2 is 1.39 bits per heavy atom. The smallest absolute Gasteiger partial charge is 0.325 e.